The van der Waals surface area contributed by atoms with Gasteiger partial charge < -0.3 is 0 Å². The summed E-state index contributed by atoms with van der Waals surface area (Å²) in [4.78, 5) is 3.60. The Morgan fingerprint density at radius 1 is 1.04 bits per heavy atom. The first-order chi connectivity index (χ1) is 12.3. The SMILES string of the molecule is S=c1n(CN2CCSCC2)nc(-c2cccs2)n1Cc1ccccc1. The zero-order chi connectivity index (χ0) is 17.1. The molecule has 0 radical (unpaired) electrons. The fourth-order valence-electron chi connectivity index (χ4n) is 2.96. The zero-order valence-electron chi connectivity index (χ0n) is 13.9. The van der Waals surface area contributed by atoms with Crippen molar-refractivity contribution in [3.05, 3.63) is 58.2 Å². The van der Waals surface area contributed by atoms with Gasteiger partial charge in [0.1, 0.15) is 0 Å². The third-order valence-corrected chi connectivity index (χ3v) is 6.52. The van der Waals surface area contributed by atoms with Crippen LogP contribution in [-0.4, -0.2) is 43.8 Å². The number of hydrogen-bond donors (Lipinski definition) is 0. The van der Waals surface area contributed by atoms with Crippen LogP contribution in [0.4, 0.5) is 0 Å². The lowest BCUT2D eigenvalue weighted by Gasteiger charge is -2.25. The summed E-state index contributed by atoms with van der Waals surface area (Å²) in [5.41, 5.74) is 1.24. The summed E-state index contributed by atoms with van der Waals surface area (Å²) in [6, 6.07) is 14.6. The van der Waals surface area contributed by atoms with E-state index in [0.717, 1.165) is 41.8 Å². The average Bonchev–Trinajstić information content (AvgIpc) is 3.28. The Labute approximate surface area is 161 Å². The summed E-state index contributed by atoms with van der Waals surface area (Å²) >= 11 is 9.52. The second-order valence-electron chi connectivity index (χ2n) is 6.03. The maximum Gasteiger partial charge on any atom is 0.199 e. The molecule has 0 unspecified atom stereocenters. The molecule has 0 saturated carbocycles. The first kappa shape index (κ1) is 17.0. The van der Waals surface area contributed by atoms with Crippen molar-refractivity contribution >= 4 is 35.3 Å². The monoisotopic (exact) mass is 388 g/mol. The van der Waals surface area contributed by atoms with Gasteiger partial charge in [0.25, 0.3) is 0 Å². The number of hydrogen-bond acceptors (Lipinski definition) is 5. The lowest BCUT2D eigenvalue weighted by molar-refractivity contribution is 0.226. The topological polar surface area (TPSA) is 26.0 Å². The number of thioether (sulfide) groups is 1. The lowest BCUT2D eigenvalue weighted by atomic mass is 10.2. The van der Waals surface area contributed by atoms with E-state index < -0.39 is 0 Å². The quantitative estimate of drug-likeness (QED) is 0.612. The van der Waals surface area contributed by atoms with E-state index in [9.17, 15) is 0 Å². The van der Waals surface area contributed by atoms with Crippen LogP contribution in [0.15, 0.2) is 47.8 Å². The molecule has 1 saturated heterocycles. The first-order valence-corrected chi connectivity index (χ1v) is 10.8. The van der Waals surface area contributed by atoms with Gasteiger partial charge in [-0.25, -0.2) is 4.68 Å². The Balaban J connectivity index is 1.69. The fraction of sp³-hybridized carbons (Fsp3) is 0.333. The van der Waals surface area contributed by atoms with Crippen LogP contribution in [0, 0.1) is 4.77 Å². The predicted molar refractivity (Wildman–Crippen MR) is 109 cm³/mol. The Hall–Kier alpha value is -1.41. The number of benzene rings is 1. The normalized spacial score (nSPS) is 15.5. The molecule has 25 heavy (non-hydrogen) atoms. The minimum atomic E-state index is 0.753. The third kappa shape index (κ3) is 3.89. The van der Waals surface area contributed by atoms with Crippen molar-refractivity contribution in [1.82, 2.24) is 19.2 Å². The first-order valence-electron chi connectivity index (χ1n) is 8.37. The number of aromatic nitrogens is 3. The molecule has 2 aromatic heterocycles. The van der Waals surface area contributed by atoms with Crippen LogP contribution in [0.2, 0.25) is 0 Å². The van der Waals surface area contributed by atoms with Crippen LogP contribution < -0.4 is 0 Å². The molecule has 0 bridgehead atoms. The highest BCUT2D eigenvalue weighted by Gasteiger charge is 2.17. The molecule has 1 aliphatic heterocycles. The van der Waals surface area contributed by atoms with Crippen LogP contribution in [0.3, 0.4) is 0 Å². The fourth-order valence-corrected chi connectivity index (χ4v) is 4.91. The van der Waals surface area contributed by atoms with E-state index in [-0.39, 0.29) is 0 Å². The lowest BCUT2D eigenvalue weighted by Crippen LogP contribution is -2.34. The molecule has 4 rings (SSSR count). The van der Waals surface area contributed by atoms with E-state index in [0.29, 0.717) is 0 Å². The molecule has 0 spiro atoms. The van der Waals surface area contributed by atoms with Crippen molar-refractivity contribution in [3.63, 3.8) is 0 Å². The second-order valence-corrected chi connectivity index (χ2v) is 8.56. The van der Waals surface area contributed by atoms with E-state index in [1.807, 2.05) is 22.5 Å². The zero-order valence-corrected chi connectivity index (χ0v) is 16.3. The molecule has 3 aromatic rings. The van der Waals surface area contributed by atoms with Crippen molar-refractivity contribution in [2.24, 2.45) is 0 Å². The molecule has 0 N–H and O–H groups in total. The summed E-state index contributed by atoms with van der Waals surface area (Å²) in [5, 5.41) is 6.97. The minimum absolute atomic E-state index is 0.753. The summed E-state index contributed by atoms with van der Waals surface area (Å²) in [7, 11) is 0. The molecule has 0 atom stereocenters. The Morgan fingerprint density at radius 2 is 1.84 bits per heavy atom. The van der Waals surface area contributed by atoms with Gasteiger partial charge in [0.2, 0.25) is 0 Å². The maximum absolute atomic E-state index is 5.79. The Morgan fingerprint density at radius 3 is 2.56 bits per heavy atom. The van der Waals surface area contributed by atoms with Crippen LogP contribution in [0.5, 0.6) is 0 Å². The standard InChI is InChI=1S/C18H20N4S3/c23-18-21(13-15-5-2-1-3-6-15)17(16-7-4-10-25-16)19-22(18)14-20-8-11-24-12-9-20/h1-7,10H,8-9,11-14H2. The molecule has 7 heteroatoms. The molecule has 1 fully saturated rings. The maximum atomic E-state index is 5.79. The molecular formula is C18H20N4S3. The van der Waals surface area contributed by atoms with Gasteiger partial charge in [-0.3, -0.25) is 9.47 Å². The molecule has 0 amide bonds. The molecule has 3 heterocycles. The summed E-state index contributed by atoms with van der Waals surface area (Å²) in [6.07, 6.45) is 0. The number of rotatable bonds is 5. The van der Waals surface area contributed by atoms with E-state index in [4.69, 9.17) is 17.3 Å². The number of nitrogens with zero attached hydrogens (tertiary/aromatic N) is 4. The van der Waals surface area contributed by atoms with Gasteiger partial charge in [0.05, 0.1) is 18.1 Å². The molecular weight excluding hydrogens is 368 g/mol. The molecule has 1 aromatic carbocycles. The molecule has 4 nitrogen and oxygen atoms in total. The van der Waals surface area contributed by atoms with Crippen molar-refractivity contribution in [3.8, 4) is 10.7 Å². The summed E-state index contributed by atoms with van der Waals surface area (Å²) in [5.74, 6) is 3.35. The van der Waals surface area contributed by atoms with Crippen LogP contribution in [0.1, 0.15) is 5.56 Å². The van der Waals surface area contributed by atoms with Crippen molar-refractivity contribution in [2.75, 3.05) is 24.6 Å². The van der Waals surface area contributed by atoms with E-state index in [2.05, 4.69) is 51.2 Å². The Bertz CT molecular complexity index is 862. The van der Waals surface area contributed by atoms with Crippen molar-refractivity contribution < 1.29 is 0 Å². The minimum Gasteiger partial charge on any atom is -0.295 e. The van der Waals surface area contributed by atoms with Crippen LogP contribution >= 0.6 is 35.3 Å². The Kier molecular flexibility index (Phi) is 5.36. The van der Waals surface area contributed by atoms with Gasteiger partial charge in [-0.2, -0.15) is 11.8 Å². The third-order valence-electron chi connectivity index (χ3n) is 4.29. The van der Waals surface area contributed by atoms with Crippen LogP contribution in [-0.2, 0) is 13.2 Å². The highest BCUT2D eigenvalue weighted by molar-refractivity contribution is 7.99. The second kappa shape index (κ2) is 7.86. The van der Waals surface area contributed by atoms with Gasteiger partial charge in [-0.15, -0.1) is 16.4 Å². The van der Waals surface area contributed by atoms with E-state index >= 15 is 0 Å². The van der Waals surface area contributed by atoms with Gasteiger partial charge in [-0.1, -0.05) is 36.4 Å². The summed E-state index contributed by atoms with van der Waals surface area (Å²) < 4.78 is 4.95. The predicted octanol–water partition coefficient (Wildman–Crippen LogP) is 4.20. The van der Waals surface area contributed by atoms with E-state index in [1.165, 1.54) is 17.1 Å². The number of thiophene rings is 1. The van der Waals surface area contributed by atoms with Gasteiger partial charge in [-0.05, 0) is 29.2 Å². The van der Waals surface area contributed by atoms with Crippen LogP contribution in [0.25, 0.3) is 10.7 Å². The van der Waals surface area contributed by atoms with Crippen molar-refractivity contribution in [2.45, 2.75) is 13.2 Å². The highest BCUT2D eigenvalue weighted by atomic mass is 32.2. The molecule has 130 valence electrons. The average molecular weight is 389 g/mol. The molecule has 0 aliphatic carbocycles. The highest BCUT2D eigenvalue weighted by Crippen LogP contribution is 2.25. The van der Waals surface area contributed by atoms with Crippen molar-refractivity contribution in [1.29, 1.82) is 0 Å². The molecule has 1 aliphatic rings. The van der Waals surface area contributed by atoms with E-state index in [1.54, 1.807) is 11.3 Å². The smallest absolute Gasteiger partial charge is 0.199 e. The largest absolute Gasteiger partial charge is 0.295 e. The van der Waals surface area contributed by atoms with Gasteiger partial charge in [0, 0.05) is 24.6 Å². The van der Waals surface area contributed by atoms with Gasteiger partial charge in [0.15, 0.2) is 10.6 Å². The van der Waals surface area contributed by atoms with Gasteiger partial charge >= 0.3 is 0 Å². The summed E-state index contributed by atoms with van der Waals surface area (Å²) in [6.45, 7) is 3.74.